The quantitative estimate of drug-likeness (QED) is 0.665. The molecule has 1 amide bonds. The number of benzene rings is 3. The Morgan fingerprint density at radius 3 is 2.11 bits per heavy atom. The molecule has 0 aliphatic rings. The molecule has 0 aliphatic carbocycles. The van der Waals surface area contributed by atoms with Crippen molar-refractivity contribution in [3.63, 3.8) is 0 Å². The third-order valence-electron chi connectivity index (χ3n) is 4.02. The molecule has 0 radical (unpaired) electrons. The summed E-state index contributed by atoms with van der Waals surface area (Å²) in [4.78, 5) is 12.3. The van der Waals surface area contributed by atoms with Gasteiger partial charge in [-0.2, -0.15) is 0 Å². The van der Waals surface area contributed by atoms with Crippen LogP contribution in [0.15, 0.2) is 71.6 Å². The summed E-state index contributed by atoms with van der Waals surface area (Å²) in [6.45, 7) is 3.87. The lowest BCUT2D eigenvalue weighted by Crippen LogP contribution is -2.15. The van der Waals surface area contributed by atoms with E-state index in [0.717, 1.165) is 17.2 Å². The van der Waals surface area contributed by atoms with Crippen LogP contribution in [0.3, 0.4) is 0 Å². The highest BCUT2D eigenvalue weighted by Gasteiger charge is 2.17. The van der Waals surface area contributed by atoms with Gasteiger partial charge in [0, 0.05) is 11.3 Å². The largest absolute Gasteiger partial charge is 0.322 e. The van der Waals surface area contributed by atoms with Gasteiger partial charge < -0.3 is 5.32 Å². The van der Waals surface area contributed by atoms with Gasteiger partial charge in [-0.25, -0.2) is 12.8 Å². The van der Waals surface area contributed by atoms with Crippen molar-refractivity contribution in [3.8, 4) is 0 Å². The first kappa shape index (κ1) is 19.6. The van der Waals surface area contributed by atoms with Gasteiger partial charge in [0.25, 0.3) is 15.9 Å². The van der Waals surface area contributed by atoms with Gasteiger partial charge in [-0.05, 0) is 73.5 Å². The number of hydrogen-bond donors (Lipinski definition) is 2. The number of nitrogens with one attached hydrogen (secondary N) is 2. The van der Waals surface area contributed by atoms with Gasteiger partial charge in [-0.3, -0.25) is 9.52 Å². The second-order valence-electron chi connectivity index (χ2n) is 6.44. The van der Waals surface area contributed by atoms with Crippen LogP contribution in [0.5, 0.6) is 0 Å². The SMILES string of the molecule is Cc1cc(C)cc(NC(=O)c2ccc(S(=O)(=O)Nc3ccccc3F)cc2)c1. The summed E-state index contributed by atoms with van der Waals surface area (Å²) in [5.41, 5.74) is 2.88. The van der Waals surface area contributed by atoms with Crippen molar-refractivity contribution < 1.29 is 17.6 Å². The molecule has 0 heterocycles. The molecular weight excluding hydrogens is 379 g/mol. The topological polar surface area (TPSA) is 75.3 Å². The Balaban J connectivity index is 1.77. The zero-order chi connectivity index (χ0) is 20.3. The van der Waals surface area contributed by atoms with Gasteiger partial charge in [0.2, 0.25) is 0 Å². The van der Waals surface area contributed by atoms with Gasteiger partial charge in [-0.1, -0.05) is 18.2 Å². The highest BCUT2D eigenvalue weighted by Crippen LogP contribution is 2.20. The monoisotopic (exact) mass is 398 g/mol. The van der Waals surface area contributed by atoms with Crippen LogP contribution in [0, 0.1) is 19.7 Å². The fraction of sp³-hybridized carbons (Fsp3) is 0.0952. The highest BCUT2D eigenvalue weighted by molar-refractivity contribution is 7.92. The Bertz CT molecular complexity index is 1110. The second kappa shape index (κ2) is 7.82. The molecule has 0 saturated carbocycles. The Morgan fingerprint density at radius 1 is 0.893 bits per heavy atom. The molecule has 0 unspecified atom stereocenters. The first-order chi connectivity index (χ1) is 13.2. The zero-order valence-electron chi connectivity index (χ0n) is 15.4. The van der Waals surface area contributed by atoms with E-state index >= 15 is 0 Å². The fourth-order valence-corrected chi connectivity index (χ4v) is 3.85. The number of hydrogen-bond acceptors (Lipinski definition) is 3. The minimum atomic E-state index is -3.97. The normalized spacial score (nSPS) is 11.1. The molecule has 7 heteroatoms. The van der Waals surface area contributed by atoms with Crippen LogP contribution in [0.4, 0.5) is 15.8 Å². The molecule has 0 bridgehead atoms. The smallest absolute Gasteiger partial charge is 0.261 e. The van der Waals surface area contributed by atoms with Crippen molar-refractivity contribution in [2.75, 3.05) is 10.0 Å². The minimum absolute atomic E-state index is 0.0706. The zero-order valence-corrected chi connectivity index (χ0v) is 16.2. The van der Waals surface area contributed by atoms with Crippen LogP contribution in [0.25, 0.3) is 0 Å². The summed E-state index contributed by atoms with van der Waals surface area (Å²) < 4.78 is 40.7. The van der Waals surface area contributed by atoms with Crippen LogP contribution in [-0.2, 0) is 10.0 Å². The average molecular weight is 398 g/mol. The van der Waals surface area contributed by atoms with Crippen molar-refractivity contribution in [3.05, 3.63) is 89.2 Å². The molecule has 5 nitrogen and oxygen atoms in total. The number of para-hydroxylation sites is 1. The summed E-state index contributed by atoms with van der Waals surface area (Å²) in [7, 11) is -3.97. The molecule has 0 aromatic heterocycles. The van der Waals surface area contributed by atoms with Gasteiger partial charge in [-0.15, -0.1) is 0 Å². The lowest BCUT2D eigenvalue weighted by atomic mass is 10.1. The molecule has 144 valence electrons. The number of amides is 1. The number of carbonyl (C=O) groups is 1. The molecule has 3 rings (SSSR count). The first-order valence-corrected chi connectivity index (χ1v) is 10.00. The molecule has 0 atom stereocenters. The fourth-order valence-electron chi connectivity index (χ4n) is 2.78. The molecule has 28 heavy (non-hydrogen) atoms. The molecule has 0 spiro atoms. The van der Waals surface area contributed by atoms with Gasteiger partial charge >= 0.3 is 0 Å². The maximum Gasteiger partial charge on any atom is 0.261 e. The average Bonchev–Trinajstić information content (AvgIpc) is 2.63. The Hall–Kier alpha value is -3.19. The number of halogens is 1. The van der Waals surface area contributed by atoms with Crippen LogP contribution in [-0.4, -0.2) is 14.3 Å². The van der Waals surface area contributed by atoms with E-state index in [1.165, 1.54) is 42.5 Å². The standard InChI is InChI=1S/C21H19FN2O3S/c1-14-11-15(2)13-17(12-14)23-21(25)16-7-9-18(10-8-16)28(26,27)24-20-6-4-3-5-19(20)22/h3-13,24H,1-2H3,(H,23,25). The molecule has 0 aliphatic heterocycles. The van der Waals surface area contributed by atoms with Crippen LogP contribution in [0.1, 0.15) is 21.5 Å². The van der Waals surface area contributed by atoms with Crippen molar-refractivity contribution in [2.45, 2.75) is 18.7 Å². The van der Waals surface area contributed by atoms with Crippen molar-refractivity contribution in [1.82, 2.24) is 0 Å². The maximum absolute atomic E-state index is 13.7. The predicted octanol–water partition coefficient (Wildman–Crippen LogP) is 4.50. The third kappa shape index (κ3) is 4.55. The predicted molar refractivity (Wildman–Crippen MR) is 108 cm³/mol. The number of rotatable bonds is 5. The Kier molecular flexibility index (Phi) is 5.46. The van der Waals surface area contributed by atoms with E-state index in [1.807, 2.05) is 32.0 Å². The summed E-state index contributed by atoms with van der Waals surface area (Å²) in [5.74, 6) is -1.02. The maximum atomic E-state index is 13.7. The summed E-state index contributed by atoms with van der Waals surface area (Å²) >= 11 is 0. The molecule has 3 aromatic rings. The van der Waals surface area contributed by atoms with E-state index in [4.69, 9.17) is 0 Å². The Labute approximate surface area is 163 Å². The van der Waals surface area contributed by atoms with Gasteiger partial charge in [0.15, 0.2) is 0 Å². The lowest BCUT2D eigenvalue weighted by Gasteiger charge is -2.10. The van der Waals surface area contributed by atoms with Crippen molar-refractivity contribution in [2.24, 2.45) is 0 Å². The molecule has 2 N–H and O–H groups in total. The highest BCUT2D eigenvalue weighted by atomic mass is 32.2. The van der Waals surface area contributed by atoms with E-state index in [0.29, 0.717) is 11.3 Å². The first-order valence-electron chi connectivity index (χ1n) is 8.52. The van der Waals surface area contributed by atoms with E-state index in [2.05, 4.69) is 10.0 Å². The van der Waals surface area contributed by atoms with Crippen molar-refractivity contribution >= 4 is 27.3 Å². The molecule has 3 aromatic carbocycles. The second-order valence-corrected chi connectivity index (χ2v) is 8.12. The van der Waals surface area contributed by atoms with E-state index < -0.39 is 15.8 Å². The van der Waals surface area contributed by atoms with E-state index in [1.54, 1.807) is 0 Å². The molecule has 0 saturated heterocycles. The van der Waals surface area contributed by atoms with Crippen LogP contribution < -0.4 is 10.0 Å². The van der Waals surface area contributed by atoms with Gasteiger partial charge in [0.05, 0.1) is 10.6 Å². The van der Waals surface area contributed by atoms with Crippen LogP contribution >= 0.6 is 0 Å². The summed E-state index contributed by atoms with van der Waals surface area (Å²) in [5, 5.41) is 2.79. The number of carbonyl (C=O) groups excluding carboxylic acids is 1. The van der Waals surface area contributed by atoms with Crippen LogP contribution in [0.2, 0.25) is 0 Å². The minimum Gasteiger partial charge on any atom is -0.322 e. The molecule has 0 fully saturated rings. The Morgan fingerprint density at radius 2 is 1.50 bits per heavy atom. The summed E-state index contributed by atoms with van der Waals surface area (Å²) in [6, 6.07) is 16.6. The van der Waals surface area contributed by atoms with E-state index in [9.17, 15) is 17.6 Å². The van der Waals surface area contributed by atoms with E-state index in [-0.39, 0.29) is 16.5 Å². The number of anilines is 2. The number of sulfonamides is 1. The van der Waals surface area contributed by atoms with Gasteiger partial charge in [0.1, 0.15) is 5.82 Å². The van der Waals surface area contributed by atoms with Crippen molar-refractivity contribution in [1.29, 1.82) is 0 Å². The third-order valence-corrected chi connectivity index (χ3v) is 5.41. The number of aryl methyl sites for hydroxylation is 2. The molecular formula is C21H19FN2O3S. The summed E-state index contributed by atoms with van der Waals surface area (Å²) in [6.07, 6.45) is 0. The lowest BCUT2D eigenvalue weighted by molar-refractivity contribution is 0.102.